The predicted octanol–water partition coefficient (Wildman–Crippen LogP) is 1.88. The van der Waals surface area contributed by atoms with Crippen molar-refractivity contribution in [2.24, 2.45) is 0 Å². The van der Waals surface area contributed by atoms with Gasteiger partial charge >= 0.3 is 5.97 Å². The van der Waals surface area contributed by atoms with E-state index in [1.807, 2.05) is 0 Å². The van der Waals surface area contributed by atoms with Crippen molar-refractivity contribution in [3.63, 3.8) is 0 Å². The van der Waals surface area contributed by atoms with E-state index in [0.717, 1.165) is 11.1 Å². The van der Waals surface area contributed by atoms with Crippen molar-refractivity contribution in [1.82, 2.24) is 4.72 Å². The first-order valence-electron chi connectivity index (χ1n) is 7.14. The summed E-state index contributed by atoms with van der Waals surface area (Å²) in [6, 6.07) is 12.0. The third kappa shape index (κ3) is 5.88. The van der Waals surface area contributed by atoms with Crippen molar-refractivity contribution in [2.75, 3.05) is 19.4 Å². The van der Waals surface area contributed by atoms with Crippen molar-refractivity contribution in [3.05, 3.63) is 57.8 Å². The smallest absolute Gasteiger partial charge is 0.348 e. The lowest BCUT2D eigenvalue weighted by molar-refractivity contribution is 0.0479. The number of Topliss-reactive ketones (excluding diaryl/α,β-unsaturated/α-hetero) is 1. The van der Waals surface area contributed by atoms with Crippen molar-refractivity contribution in [1.29, 1.82) is 0 Å². The molecule has 128 valence electrons. The SMILES string of the molecule is CS(=O)(=O)NCCc1ccc(C(=O)OCC(=O)c2ccccc2)s1. The number of sulfonamides is 1. The molecule has 1 aromatic carbocycles. The number of esters is 1. The van der Waals surface area contributed by atoms with Crippen LogP contribution in [-0.2, 0) is 21.2 Å². The summed E-state index contributed by atoms with van der Waals surface area (Å²) in [5.74, 6) is -0.829. The van der Waals surface area contributed by atoms with Gasteiger partial charge in [0.05, 0.1) is 6.26 Å². The Morgan fingerprint density at radius 1 is 1.12 bits per heavy atom. The van der Waals surface area contributed by atoms with Gasteiger partial charge in [-0.3, -0.25) is 4.79 Å². The minimum Gasteiger partial charge on any atom is -0.453 e. The van der Waals surface area contributed by atoms with Crippen LogP contribution in [-0.4, -0.2) is 39.6 Å². The molecule has 24 heavy (non-hydrogen) atoms. The highest BCUT2D eigenvalue weighted by Crippen LogP contribution is 2.18. The lowest BCUT2D eigenvalue weighted by atomic mass is 10.1. The van der Waals surface area contributed by atoms with E-state index >= 15 is 0 Å². The van der Waals surface area contributed by atoms with Crippen LogP contribution in [0.15, 0.2) is 42.5 Å². The van der Waals surface area contributed by atoms with Gasteiger partial charge in [0.25, 0.3) is 0 Å². The summed E-state index contributed by atoms with van der Waals surface area (Å²) in [5.41, 5.74) is 0.490. The van der Waals surface area contributed by atoms with E-state index in [1.54, 1.807) is 42.5 Å². The van der Waals surface area contributed by atoms with Crippen LogP contribution >= 0.6 is 11.3 Å². The zero-order valence-corrected chi connectivity index (χ0v) is 14.7. The second-order valence-electron chi connectivity index (χ2n) is 5.05. The molecular formula is C16H17NO5S2. The van der Waals surface area contributed by atoms with Crippen LogP contribution in [0.2, 0.25) is 0 Å². The normalized spacial score (nSPS) is 11.2. The fourth-order valence-electron chi connectivity index (χ4n) is 1.89. The van der Waals surface area contributed by atoms with Gasteiger partial charge in [-0.2, -0.15) is 0 Å². The topological polar surface area (TPSA) is 89.5 Å². The quantitative estimate of drug-likeness (QED) is 0.568. The number of thiophene rings is 1. The highest BCUT2D eigenvalue weighted by atomic mass is 32.2. The third-order valence-corrected chi connectivity index (χ3v) is 4.88. The van der Waals surface area contributed by atoms with Crippen LogP contribution in [0, 0.1) is 0 Å². The van der Waals surface area contributed by atoms with Crippen LogP contribution in [0.5, 0.6) is 0 Å². The van der Waals surface area contributed by atoms with Crippen LogP contribution in [0.25, 0.3) is 0 Å². The van der Waals surface area contributed by atoms with Gasteiger partial charge in [0.2, 0.25) is 10.0 Å². The number of ketones is 1. The van der Waals surface area contributed by atoms with Crippen molar-refractivity contribution < 1.29 is 22.7 Å². The van der Waals surface area contributed by atoms with Gasteiger partial charge in [0, 0.05) is 17.0 Å². The number of hydrogen-bond donors (Lipinski definition) is 1. The van der Waals surface area contributed by atoms with E-state index < -0.39 is 16.0 Å². The molecule has 2 aromatic rings. The average molecular weight is 367 g/mol. The Morgan fingerprint density at radius 2 is 1.83 bits per heavy atom. The Labute approximate surface area is 144 Å². The Bertz CT molecular complexity index is 812. The molecule has 0 saturated heterocycles. The first kappa shape index (κ1) is 18.3. The zero-order valence-electron chi connectivity index (χ0n) is 13.0. The number of ether oxygens (including phenoxy) is 1. The number of carbonyl (C=O) groups excluding carboxylic acids is 2. The number of hydrogen-bond acceptors (Lipinski definition) is 6. The Morgan fingerprint density at radius 3 is 2.50 bits per heavy atom. The number of nitrogens with one attached hydrogen (secondary N) is 1. The lowest BCUT2D eigenvalue weighted by Gasteiger charge is -2.03. The largest absolute Gasteiger partial charge is 0.453 e. The monoisotopic (exact) mass is 367 g/mol. The minimum atomic E-state index is -3.22. The number of carbonyl (C=O) groups is 2. The first-order valence-corrected chi connectivity index (χ1v) is 9.84. The van der Waals surface area contributed by atoms with Gasteiger partial charge < -0.3 is 4.74 Å². The molecule has 0 amide bonds. The lowest BCUT2D eigenvalue weighted by Crippen LogP contribution is -2.24. The molecule has 0 aliphatic carbocycles. The molecule has 0 saturated carbocycles. The van der Waals surface area contributed by atoms with Crippen molar-refractivity contribution >= 4 is 33.1 Å². The van der Waals surface area contributed by atoms with Crippen LogP contribution < -0.4 is 4.72 Å². The van der Waals surface area contributed by atoms with E-state index in [1.165, 1.54) is 11.3 Å². The molecule has 1 N–H and O–H groups in total. The van der Waals surface area contributed by atoms with Crippen LogP contribution in [0.1, 0.15) is 24.9 Å². The molecule has 0 atom stereocenters. The van der Waals surface area contributed by atoms with Gasteiger partial charge in [-0.15, -0.1) is 11.3 Å². The molecule has 8 heteroatoms. The Balaban J connectivity index is 1.84. The van der Waals surface area contributed by atoms with Crippen LogP contribution in [0.4, 0.5) is 0 Å². The van der Waals surface area contributed by atoms with Gasteiger partial charge in [0.15, 0.2) is 12.4 Å². The summed E-state index contributed by atoms with van der Waals surface area (Å²) in [7, 11) is -3.22. The number of benzene rings is 1. The van der Waals surface area contributed by atoms with E-state index in [2.05, 4.69) is 4.72 Å². The zero-order chi connectivity index (χ0) is 17.6. The molecule has 1 aromatic heterocycles. The molecule has 0 aliphatic heterocycles. The maximum atomic E-state index is 12.0. The Hall–Kier alpha value is -2.03. The Kier molecular flexibility index (Phi) is 6.24. The summed E-state index contributed by atoms with van der Waals surface area (Å²) in [6.07, 6.45) is 1.57. The minimum absolute atomic E-state index is 0.264. The fourth-order valence-corrected chi connectivity index (χ4v) is 3.27. The van der Waals surface area contributed by atoms with Gasteiger partial charge in [-0.05, 0) is 18.6 Å². The third-order valence-electron chi connectivity index (χ3n) is 3.03. The molecule has 6 nitrogen and oxygen atoms in total. The maximum Gasteiger partial charge on any atom is 0.348 e. The molecule has 1 heterocycles. The molecule has 0 radical (unpaired) electrons. The number of rotatable bonds is 8. The maximum absolute atomic E-state index is 12.0. The highest BCUT2D eigenvalue weighted by Gasteiger charge is 2.14. The second-order valence-corrected chi connectivity index (χ2v) is 8.05. The molecule has 0 spiro atoms. The molecule has 0 fully saturated rings. The molecule has 0 aliphatic rings. The second kappa shape index (κ2) is 8.18. The van der Waals surface area contributed by atoms with Crippen LogP contribution in [0.3, 0.4) is 0 Å². The highest BCUT2D eigenvalue weighted by molar-refractivity contribution is 7.88. The molecule has 0 unspecified atom stereocenters. The van der Waals surface area contributed by atoms with Gasteiger partial charge in [-0.1, -0.05) is 30.3 Å². The van der Waals surface area contributed by atoms with E-state index in [0.29, 0.717) is 16.9 Å². The standard InChI is InChI=1S/C16H17NO5S2/c1-24(20,21)17-10-9-13-7-8-15(23-13)16(19)22-11-14(18)12-5-3-2-4-6-12/h2-8,17H,9-11H2,1H3. The van der Waals surface area contributed by atoms with Gasteiger partial charge in [-0.25, -0.2) is 17.9 Å². The van der Waals surface area contributed by atoms with Crippen molar-refractivity contribution in [3.8, 4) is 0 Å². The molecule has 2 rings (SSSR count). The summed E-state index contributed by atoms with van der Waals surface area (Å²) < 4.78 is 29.4. The summed E-state index contributed by atoms with van der Waals surface area (Å²) in [6.45, 7) is -0.0496. The van der Waals surface area contributed by atoms with Crippen molar-refractivity contribution in [2.45, 2.75) is 6.42 Å². The summed E-state index contributed by atoms with van der Waals surface area (Å²) >= 11 is 1.22. The molecule has 0 bridgehead atoms. The first-order chi connectivity index (χ1) is 11.3. The van der Waals surface area contributed by atoms with E-state index in [9.17, 15) is 18.0 Å². The van der Waals surface area contributed by atoms with Gasteiger partial charge in [0.1, 0.15) is 4.88 Å². The fraction of sp³-hybridized carbons (Fsp3) is 0.250. The van der Waals surface area contributed by atoms with E-state index in [4.69, 9.17) is 4.74 Å². The molecular weight excluding hydrogens is 350 g/mol. The summed E-state index contributed by atoms with van der Waals surface area (Å²) in [4.78, 5) is 25.1. The average Bonchev–Trinajstić information content (AvgIpc) is 3.01. The summed E-state index contributed by atoms with van der Waals surface area (Å²) in [5, 5.41) is 0. The van der Waals surface area contributed by atoms with E-state index in [-0.39, 0.29) is 18.9 Å². The predicted molar refractivity (Wildman–Crippen MR) is 91.9 cm³/mol.